The van der Waals surface area contributed by atoms with E-state index in [4.69, 9.17) is 9.47 Å². The molecule has 0 amide bonds. The van der Waals surface area contributed by atoms with Crippen molar-refractivity contribution in [2.45, 2.75) is 118 Å². The highest BCUT2D eigenvalue weighted by Gasteiger charge is 2.15. The topological polar surface area (TPSA) is 26.2 Å². The number of thiazole rings is 2. The summed E-state index contributed by atoms with van der Waals surface area (Å²) in [4.78, 5) is 2.97. The van der Waals surface area contributed by atoms with Crippen molar-refractivity contribution in [1.29, 1.82) is 0 Å². The normalized spacial score (nSPS) is 10.9. The van der Waals surface area contributed by atoms with Crippen LogP contribution in [0.5, 0.6) is 0 Å². The molecular weight excluding hydrogens is 714 g/mol. The zero-order chi connectivity index (χ0) is 24.4. The van der Waals surface area contributed by atoms with Crippen LogP contribution in [-0.2, 0) is 35.4 Å². The molecule has 4 nitrogen and oxygen atoms in total. The molecule has 0 unspecified atom stereocenters. The molecule has 0 fully saturated rings. The van der Waals surface area contributed by atoms with Crippen LogP contribution in [0, 0.1) is 13.8 Å². The van der Waals surface area contributed by atoms with E-state index < -0.39 is 0 Å². The van der Waals surface area contributed by atoms with E-state index >= 15 is 0 Å². The van der Waals surface area contributed by atoms with Gasteiger partial charge >= 0.3 is 0 Å². The first-order valence-electron chi connectivity index (χ1n) is 13.8. The molecule has 8 heteroatoms. The number of rotatable bonds is 21. The van der Waals surface area contributed by atoms with Gasteiger partial charge in [-0.25, -0.2) is 0 Å². The second-order valence-electron chi connectivity index (χ2n) is 9.28. The lowest BCUT2D eigenvalue weighted by Gasteiger charge is -2.02. The highest BCUT2D eigenvalue weighted by atomic mass is 127. The molecule has 0 bridgehead atoms. The maximum atomic E-state index is 5.50. The van der Waals surface area contributed by atoms with Gasteiger partial charge in [0, 0.05) is 52.7 Å². The smallest absolute Gasteiger partial charge is 0.225 e. The lowest BCUT2D eigenvalue weighted by molar-refractivity contribution is -0.698. The maximum Gasteiger partial charge on any atom is 0.225 e. The van der Waals surface area contributed by atoms with Crippen LogP contribution in [0.1, 0.15) is 99.2 Å². The second-order valence-corrected chi connectivity index (χ2v) is 11.2. The van der Waals surface area contributed by atoms with Crippen LogP contribution < -0.4 is 57.1 Å². The Hall–Kier alpha value is 0.640. The summed E-state index contributed by atoms with van der Waals surface area (Å²) in [6.07, 6.45) is 15.9. The molecule has 0 spiro atoms. The third-order valence-electron chi connectivity index (χ3n) is 6.72. The van der Waals surface area contributed by atoms with Gasteiger partial charge in [-0.05, 0) is 26.7 Å². The van der Waals surface area contributed by atoms with E-state index in [1.54, 1.807) is 0 Å². The quantitative estimate of drug-likeness (QED) is 0.107. The van der Waals surface area contributed by atoms with E-state index in [2.05, 4.69) is 47.9 Å². The third kappa shape index (κ3) is 14.7. The minimum Gasteiger partial charge on any atom is -1.00 e. The standard InChI is InChI=1S/C28H50N2O2S2.2HI/c1-5-31-21-17-27-25(3)29(23-33-27)19-15-13-11-9-7-8-10-12-14-16-20-30-24-34-28(26(30)4)18-22-32-6-2;;/h23-24H,5-22H2,1-4H3;2*1H/q+2;;/p-2. The Morgan fingerprint density at radius 3 is 1.25 bits per heavy atom. The van der Waals surface area contributed by atoms with Crippen molar-refractivity contribution in [3.63, 3.8) is 0 Å². The summed E-state index contributed by atoms with van der Waals surface area (Å²) in [5.41, 5.74) is 7.49. The largest absolute Gasteiger partial charge is 1.00 e. The van der Waals surface area contributed by atoms with Crippen LogP contribution in [-0.4, -0.2) is 26.4 Å². The van der Waals surface area contributed by atoms with E-state index in [0.717, 1.165) is 39.3 Å². The molecule has 0 saturated heterocycles. The summed E-state index contributed by atoms with van der Waals surface area (Å²) in [7, 11) is 0. The number of nitrogens with zero attached hydrogens (tertiary/aromatic N) is 2. The first-order valence-corrected chi connectivity index (χ1v) is 15.5. The molecular formula is C28H50I2N2O2S2. The van der Waals surface area contributed by atoms with Crippen molar-refractivity contribution in [1.82, 2.24) is 0 Å². The predicted molar refractivity (Wildman–Crippen MR) is 145 cm³/mol. The zero-order valence-corrected chi connectivity index (χ0v) is 29.1. The molecule has 2 aromatic heterocycles. The average Bonchev–Trinajstić information content (AvgIpc) is 3.37. The van der Waals surface area contributed by atoms with Crippen molar-refractivity contribution in [2.75, 3.05) is 26.4 Å². The molecule has 0 aliphatic carbocycles. The van der Waals surface area contributed by atoms with Crippen LogP contribution in [0.2, 0.25) is 0 Å². The van der Waals surface area contributed by atoms with Crippen LogP contribution in [0.15, 0.2) is 11.0 Å². The van der Waals surface area contributed by atoms with E-state index in [9.17, 15) is 0 Å². The Balaban J connectivity index is 0.00000612. The Bertz CT molecular complexity index is 719. The number of halogens is 2. The van der Waals surface area contributed by atoms with Gasteiger partial charge in [0.15, 0.2) is 11.4 Å². The minimum atomic E-state index is 0. The number of unbranched alkanes of at least 4 members (excludes halogenated alkanes) is 9. The fourth-order valence-electron chi connectivity index (χ4n) is 4.42. The van der Waals surface area contributed by atoms with Gasteiger partial charge in [-0.3, -0.25) is 0 Å². The zero-order valence-electron chi connectivity index (χ0n) is 23.2. The third-order valence-corrected chi connectivity index (χ3v) is 9.00. The number of aryl methyl sites for hydroxylation is 2. The van der Waals surface area contributed by atoms with Crippen molar-refractivity contribution in [3.8, 4) is 0 Å². The molecule has 2 heterocycles. The monoisotopic (exact) mass is 764 g/mol. The molecule has 2 aromatic rings. The van der Waals surface area contributed by atoms with Crippen molar-refractivity contribution in [2.24, 2.45) is 0 Å². The van der Waals surface area contributed by atoms with E-state index in [1.807, 2.05) is 22.7 Å². The summed E-state index contributed by atoms with van der Waals surface area (Å²) in [6, 6.07) is 0. The van der Waals surface area contributed by atoms with Crippen molar-refractivity contribution in [3.05, 3.63) is 32.2 Å². The Labute approximate surface area is 263 Å². The lowest BCUT2D eigenvalue weighted by atomic mass is 10.1. The summed E-state index contributed by atoms with van der Waals surface area (Å²) in [5, 5.41) is 0. The highest BCUT2D eigenvalue weighted by Crippen LogP contribution is 2.15. The summed E-state index contributed by atoms with van der Waals surface area (Å²) in [6.45, 7) is 14.3. The van der Waals surface area contributed by atoms with Crippen molar-refractivity contribution < 1.29 is 66.6 Å². The van der Waals surface area contributed by atoms with E-state index in [-0.39, 0.29) is 48.0 Å². The Kier molecular flexibility index (Phi) is 23.9. The fourth-order valence-corrected chi connectivity index (χ4v) is 6.43. The predicted octanol–water partition coefficient (Wildman–Crippen LogP) is 0.769. The summed E-state index contributed by atoms with van der Waals surface area (Å²) >= 11 is 3.78. The lowest BCUT2D eigenvalue weighted by Crippen LogP contribution is -3.00. The summed E-state index contributed by atoms with van der Waals surface area (Å²) < 4.78 is 15.9. The van der Waals surface area contributed by atoms with Gasteiger partial charge in [-0.1, -0.05) is 61.2 Å². The molecule has 0 atom stereocenters. The highest BCUT2D eigenvalue weighted by molar-refractivity contribution is 7.09. The first kappa shape index (κ1) is 36.6. The number of aromatic nitrogens is 2. The van der Waals surface area contributed by atoms with Crippen LogP contribution in [0.3, 0.4) is 0 Å². The van der Waals surface area contributed by atoms with Gasteiger partial charge in [0.25, 0.3) is 0 Å². The Morgan fingerprint density at radius 1 is 0.583 bits per heavy atom. The van der Waals surface area contributed by atoms with Gasteiger partial charge in [0.2, 0.25) is 11.0 Å². The number of ether oxygens (including phenoxy) is 2. The maximum absolute atomic E-state index is 5.50. The van der Waals surface area contributed by atoms with Gasteiger partial charge in [0.05, 0.1) is 23.0 Å². The SMILES string of the molecule is CCOCCc1sc[n+](CCCCCCCCCCCC[n+]2csc(CCOCC)c2C)c1C.[I-].[I-]. The van der Waals surface area contributed by atoms with Gasteiger partial charge < -0.3 is 57.4 Å². The van der Waals surface area contributed by atoms with E-state index in [0.29, 0.717) is 0 Å². The molecule has 0 aliphatic heterocycles. The molecule has 0 aromatic carbocycles. The molecule has 210 valence electrons. The van der Waals surface area contributed by atoms with Crippen molar-refractivity contribution >= 4 is 22.7 Å². The molecule has 0 N–H and O–H groups in total. The van der Waals surface area contributed by atoms with Crippen LogP contribution in [0.4, 0.5) is 0 Å². The number of hydrogen-bond acceptors (Lipinski definition) is 4. The fraction of sp³-hybridized carbons (Fsp3) is 0.786. The molecule has 36 heavy (non-hydrogen) atoms. The van der Waals surface area contributed by atoms with Crippen LogP contribution >= 0.6 is 22.7 Å². The summed E-state index contributed by atoms with van der Waals surface area (Å²) in [5.74, 6) is 0. The van der Waals surface area contributed by atoms with Crippen LogP contribution in [0.25, 0.3) is 0 Å². The molecule has 0 saturated carbocycles. The second kappa shape index (κ2) is 23.5. The first-order chi connectivity index (χ1) is 16.7. The van der Waals surface area contributed by atoms with Gasteiger partial charge in [0.1, 0.15) is 13.1 Å². The minimum absolute atomic E-state index is 0. The molecule has 2 rings (SSSR count). The molecule has 0 aliphatic rings. The molecule has 0 radical (unpaired) electrons. The van der Waals surface area contributed by atoms with E-state index in [1.165, 1.54) is 98.4 Å². The van der Waals surface area contributed by atoms with Gasteiger partial charge in [-0.15, -0.1) is 0 Å². The Morgan fingerprint density at radius 2 is 0.917 bits per heavy atom. The van der Waals surface area contributed by atoms with Gasteiger partial charge in [-0.2, -0.15) is 9.13 Å². The number of hydrogen-bond donors (Lipinski definition) is 0. The average molecular weight is 765 g/mol.